The Morgan fingerprint density at radius 2 is 1.93 bits per heavy atom. The van der Waals surface area contributed by atoms with Crippen molar-refractivity contribution in [3.8, 4) is 0 Å². The predicted molar refractivity (Wildman–Crippen MR) is 98.3 cm³/mol. The van der Waals surface area contributed by atoms with Gasteiger partial charge in [-0.15, -0.1) is 0 Å². The highest BCUT2D eigenvalue weighted by Gasteiger charge is 2.31. The lowest BCUT2D eigenvalue weighted by Crippen LogP contribution is -2.43. The van der Waals surface area contributed by atoms with Gasteiger partial charge in [0.2, 0.25) is 5.91 Å². The molecule has 0 unspecified atom stereocenters. The number of carbonyl (C=O) groups is 2. The molecule has 2 N–H and O–H groups in total. The largest absolute Gasteiger partial charge is 0.335 e. The Labute approximate surface area is 158 Å². The Kier molecular flexibility index (Phi) is 5.04. The van der Waals surface area contributed by atoms with Gasteiger partial charge in [0.05, 0.1) is 43.3 Å². The van der Waals surface area contributed by atoms with Gasteiger partial charge in [-0.05, 0) is 31.0 Å². The van der Waals surface area contributed by atoms with E-state index >= 15 is 0 Å². The van der Waals surface area contributed by atoms with Crippen molar-refractivity contribution >= 4 is 11.9 Å². The molecule has 8 nitrogen and oxygen atoms in total. The lowest BCUT2D eigenvalue weighted by atomic mass is 9.84. The van der Waals surface area contributed by atoms with Crippen LogP contribution in [0.15, 0.2) is 30.5 Å². The standard InChI is InChI=1S/C19H24N6O2/c26-18(14-4-3-5-14)24-8-9-25-17(13-24)10-16(23-25)12-22-19(27)21-11-15-6-1-2-7-20-15/h1-2,6-7,10,14H,3-5,8-9,11-13H2,(H2,21,22,27). The van der Waals surface area contributed by atoms with Gasteiger partial charge in [-0.2, -0.15) is 5.10 Å². The normalized spacial score (nSPS) is 16.4. The lowest BCUT2D eigenvalue weighted by molar-refractivity contribution is -0.139. The van der Waals surface area contributed by atoms with Gasteiger partial charge in [-0.1, -0.05) is 12.5 Å². The fraction of sp³-hybridized carbons (Fsp3) is 0.474. The van der Waals surface area contributed by atoms with Gasteiger partial charge >= 0.3 is 6.03 Å². The fourth-order valence-electron chi connectivity index (χ4n) is 3.42. The Balaban J connectivity index is 1.27. The van der Waals surface area contributed by atoms with Crippen LogP contribution in [0.1, 0.15) is 36.3 Å². The third-order valence-corrected chi connectivity index (χ3v) is 5.20. The molecule has 27 heavy (non-hydrogen) atoms. The number of hydrogen-bond donors (Lipinski definition) is 2. The van der Waals surface area contributed by atoms with Crippen molar-refractivity contribution in [3.63, 3.8) is 0 Å². The molecule has 8 heteroatoms. The van der Waals surface area contributed by atoms with Crippen LogP contribution in [0.25, 0.3) is 0 Å². The van der Waals surface area contributed by atoms with Gasteiger partial charge in [0.25, 0.3) is 0 Å². The average molecular weight is 368 g/mol. The highest BCUT2D eigenvalue weighted by Crippen LogP contribution is 2.29. The van der Waals surface area contributed by atoms with Crippen LogP contribution in [0.4, 0.5) is 4.79 Å². The number of carbonyl (C=O) groups excluding carboxylic acids is 2. The minimum atomic E-state index is -0.256. The molecule has 3 amide bonds. The molecule has 1 saturated carbocycles. The molecule has 2 aromatic heterocycles. The molecule has 0 bridgehead atoms. The van der Waals surface area contributed by atoms with Gasteiger partial charge in [-0.25, -0.2) is 4.79 Å². The highest BCUT2D eigenvalue weighted by molar-refractivity contribution is 5.79. The summed E-state index contributed by atoms with van der Waals surface area (Å²) in [5, 5.41) is 10.1. The number of urea groups is 1. The molecule has 4 rings (SSSR count). The Morgan fingerprint density at radius 1 is 1.11 bits per heavy atom. The van der Waals surface area contributed by atoms with Crippen LogP contribution < -0.4 is 10.6 Å². The maximum atomic E-state index is 12.4. The first-order valence-corrected chi connectivity index (χ1v) is 9.45. The molecule has 3 heterocycles. The second-order valence-electron chi connectivity index (χ2n) is 7.10. The summed E-state index contributed by atoms with van der Waals surface area (Å²) >= 11 is 0. The second kappa shape index (κ2) is 7.77. The van der Waals surface area contributed by atoms with Crippen molar-refractivity contribution in [1.29, 1.82) is 0 Å². The van der Waals surface area contributed by atoms with Crippen LogP contribution in [-0.4, -0.2) is 38.1 Å². The van der Waals surface area contributed by atoms with Gasteiger partial charge in [-0.3, -0.25) is 14.5 Å². The van der Waals surface area contributed by atoms with Crippen LogP contribution in [0.2, 0.25) is 0 Å². The van der Waals surface area contributed by atoms with E-state index < -0.39 is 0 Å². The van der Waals surface area contributed by atoms with Crippen LogP contribution in [0, 0.1) is 5.92 Å². The van der Waals surface area contributed by atoms with E-state index in [2.05, 4.69) is 20.7 Å². The molecule has 0 spiro atoms. The molecule has 1 aliphatic heterocycles. The molecule has 0 radical (unpaired) electrons. The molecule has 2 aromatic rings. The zero-order chi connectivity index (χ0) is 18.6. The minimum absolute atomic E-state index is 0.225. The van der Waals surface area contributed by atoms with E-state index in [4.69, 9.17) is 0 Å². The number of nitrogens with zero attached hydrogens (tertiary/aromatic N) is 4. The van der Waals surface area contributed by atoms with Crippen LogP contribution in [0.3, 0.4) is 0 Å². The van der Waals surface area contributed by atoms with Gasteiger partial charge in [0.15, 0.2) is 0 Å². The number of pyridine rings is 1. The van der Waals surface area contributed by atoms with E-state index in [1.165, 1.54) is 6.42 Å². The Morgan fingerprint density at radius 3 is 2.63 bits per heavy atom. The van der Waals surface area contributed by atoms with Crippen molar-refractivity contribution < 1.29 is 9.59 Å². The number of rotatable bonds is 5. The van der Waals surface area contributed by atoms with Gasteiger partial charge < -0.3 is 15.5 Å². The fourth-order valence-corrected chi connectivity index (χ4v) is 3.42. The summed E-state index contributed by atoms with van der Waals surface area (Å²) in [6, 6.07) is 7.30. The van der Waals surface area contributed by atoms with E-state index in [1.54, 1.807) is 6.20 Å². The topological polar surface area (TPSA) is 92.2 Å². The summed E-state index contributed by atoms with van der Waals surface area (Å²) in [5.74, 6) is 0.505. The third-order valence-electron chi connectivity index (χ3n) is 5.20. The van der Waals surface area contributed by atoms with E-state index in [0.29, 0.717) is 32.7 Å². The summed E-state index contributed by atoms with van der Waals surface area (Å²) in [7, 11) is 0. The van der Waals surface area contributed by atoms with Crippen LogP contribution >= 0.6 is 0 Å². The van der Waals surface area contributed by atoms with Gasteiger partial charge in [0, 0.05) is 18.7 Å². The molecular weight excluding hydrogens is 344 g/mol. The first-order valence-electron chi connectivity index (χ1n) is 9.45. The van der Waals surface area contributed by atoms with Crippen LogP contribution in [0.5, 0.6) is 0 Å². The number of nitrogens with one attached hydrogen (secondary N) is 2. The van der Waals surface area contributed by atoms with E-state index in [-0.39, 0.29) is 17.9 Å². The highest BCUT2D eigenvalue weighted by atomic mass is 16.2. The molecule has 1 aliphatic carbocycles. The molecule has 1 fully saturated rings. The molecule has 0 saturated heterocycles. The molecule has 0 aromatic carbocycles. The predicted octanol–water partition coefficient (Wildman–Crippen LogP) is 1.42. The molecule has 0 atom stereocenters. The quantitative estimate of drug-likeness (QED) is 0.835. The third kappa shape index (κ3) is 4.10. The summed E-state index contributed by atoms with van der Waals surface area (Å²) in [6.07, 6.45) is 4.92. The summed E-state index contributed by atoms with van der Waals surface area (Å²) < 4.78 is 1.94. The monoisotopic (exact) mass is 368 g/mol. The first-order chi connectivity index (χ1) is 13.2. The van der Waals surface area contributed by atoms with E-state index in [0.717, 1.165) is 29.9 Å². The lowest BCUT2D eigenvalue weighted by Gasteiger charge is -2.34. The second-order valence-corrected chi connectivity index (χ2v) is 7.10. The van der Waals surface area contributed by atoms with Crippen molar-refractivity contribution in [2.24, 2.45) is 5.92 Å². The molecule has 142 valence electrons. The Hall–Kier alpha value is -2.90. The zero-order valence-corrected chi connectivity index (χ0v) is 15.2. The number of amides is 3. The summed E-state index contributed by atoms with van der Waals surface area (Å²) in [6.45, 7) is 2.75. The zero-order valence-electron chi connectivity index (χ0n) is 15.2. The SMILES string of the molecule is O=C(NCc1ccccn1)NCc1cc2n(n1)CCN(C(=O)C1CCC1)C2. The molecule has 2 aliphatic rings. The maximum Gasteiger partial charge on any atom is 0.315 e. The first kappa shape index (κ1) is 17.5. The van der Waals surface area contributed by atoms with Gasteiger partial charge in [0.1, 0.15) is 0 Å². The average Bonchev–Trinajstić information content (AvgIpc) is 3.06. The summed E-state index contributed by atoms with van der Waals surface area (Å²) in [4.78, 5) is 30.5. The van der Waals surface area contributed by atoms with Crippen molar-refractivity contribution in [1.82, 2.24) is 30.3 Å². The molecular formula is C19H24N6O2. The number of hydrogen-bond acceptors (Lipinski definition) is 4. The minimum Gasteiger partial charge on any atom is -0.335 e. The maximum absolute atomic E-state index is 12.4. The van der Waals surface area contributed by atoms with Crippen LogP contribution in [-0.2, 0) is 31.0 Å². The van der Waals surface area contributed by atoms with Crippen molar-refractivity contribution in [2.75, 3.05) is 6.54 Å². The van der Waals surface area contributed by atoms with E-state index in [1.807, 2.05) is 33.8 Å². The number of aromatic nitrogens is 3. The smallest absolute Gasteiger partial charge is 0.315 e. The van der Waals surface area contributed by atoms with Crippen molar-refractivity contribution in [2.45, 2.75) is 45.4 Å². The van der Waals surface area contributed by atoms with E-state index in [9.17, 15) is 9.59 Å². The van der Waals surface area contributed by atoms with Crippen molar-refractivity contribution in [3.05, 3.63) is 47.5 Å². The Bertz CT molecular complexity index is 815. The number of fused-ring (bicyclic) bond motifs is 1. The summed E-state index contributed by atoms with van der Waals surface area (Å²) in [5.41, 5.74) is 2.64.